The highest BCUT2D eigenvalue weighted by Gasteiger charge is 2.15. The third-order valence-electron chi connectivity index (χ3n) is 3.47. The van der Waals surface area contributed by atoms with Gasteiger partial charge in [0.15, 0.2) is 0 Å². The Labute approximate surface area is 154 Å². The number of ether oxygens (including phenoxy) is 1. The smallest absolute Gasteiger partial charge is 0.322 e. The Bertz CT molecular complexity index is 921. The third kappa shape index (κ3) is 4.15. The van der Waals surface area contributed by atoms with E-state index in [9.17, 15) is 9.18 Å². The largest absolute Gasteiger partial charge is 0.424 e. The summed E-state index contributed by atoms with van der Waals surface area (Å²) in [4.78, 5) is 20.6. The van der Waals surface area contributed by atoms with Crippen molar-refractivity contribution in [2.75, 3.05) is 5.32 Å². The van der Waals surface area contributed by atoms with Crippen LogP contribution < -0.4 is 10.1 Å². The maximum Gasteiger partial charge on any atom is 0.322 e. The zero-order valence-corrected chi connectivity index (χ0v) is 14.8. The number of benzene rings is 2. The standard InChI is InChI=1S/C19H15ClFN3O2/c1-11-10-12(2)23-19(22-11)26-14-8-6-13(7-9-14)24-18(25)17-15(20)4-3-5-16(17)21/h3-10H,1-2H3,(H,24,25). The topological polar surface area (TPSA) is 64.1 Å². The second-order valence-corrected chi connectivity index (χ2v) is 6.02. The molecule has 3 aromatic rings. The van der Waals surface area contributed by atoms with E-state index in [1.807, 2.05) is 19.9 Å². The van der Waals surface area contributed by atoms with Crippen LogP contribution in [0.3, 0.4) is 0 Å². The molecule has 132 valence electrons. The molecule has 1 heterocycles. The van der Waals surface area contributed by atoms with E-state index in [2.05, 4.69) is 15.3 Å². The van der Waals surface area contributed by atoms with Crippen LogP contribution in [-0.2, 0) is 0 Å². The molecule has 0 radical (unpaired) electrons. The van der Waals surface area contributed by atoms with Crippen LogP contribution in [0.2, 0.25) is 5.02 Å². The zero-order valence-electron chi connectivity index (χ0n) is 14.1. The zero-order chi connectivity index (χ0) is 18.7. The van der Waals surface area contributed by atoms with Crippen molar-refractivity contribution in [3.63, 3.8) is 0 Å². The fourth-order valence-electron chi connectivity index (χ4n) is 2.36. The average Bonchev–Trinajstić information content (AvgIpc) is 2.55. The molecule has 0 bridgehead atoms. The van der Waals surface area contributed by atoms with Crippen molar-refractivity contribution in [1.82, 2.24) is 9.97 Å². The van der Waals surface area contributed by atoms with Crippen LogP contribution in [0.5, 0.6) is 11.8 Å². The minimum Gasteiger partial charge on any atom is -0.424 e. The minimum atomic E-state index is -0.679. The van der Waals surface area contributed by atoms with E-state index >= 15 is 0 Å². The Kier molecular flexibility index (Phi) is 5.14. The number of nitrogens with one attached hydrogen (secondary N) is 1. The molecule has 0 aliphatic rings. The van der Waals surface area contributed by atoms with Gasteiger partial charge in [0, 0.05) is 17.1 Å². The molecule has 1 amide bonds. The van der Waals surface area contributed by atoms with Crippen molar-refractivity contribution >= 4 is 23.2 Å². The first-order chi connectivity index (χ1) is 12.4. The van der Waals surface area contributed by atoms with Gasteiger partial charge in [-0.05, 0) is 56.3 Å². The third-order valence-corrected chi connectivity index (χ3v) is 3.79. The Morgan fingerprint density at radius 3 is 2.35 bits per heavy atom. The fraction of sp³-hybridized carbons (Fsp3) is 0.105. The van der Waals surface area contributed by atoms with Crippen molar-refractivity contribution in [3.8, 4) is 11.8 Å². The van der Waals surface area contributed by atoms with E-state index in [0.717, 1.165) is 11.4 Å². The van der Waals surface area contributed by atoms with Gasteiger partial charge >= 0.3 is 6.01 Å². The van der Waals surface area contributed by atoms with E-state index in [1.165, 1.54) is 18.2 Å². The van der Waals surface area contributed by atoms with Crippen molar-refractivity contribution in [3.05, 3.63) is 76.3 Å². The monoisotopic (exact) mass is 371 g/mol. The number of anilines is 1. The molecule has 0 aliphatic heterocycles. The lowest BCUT2D eigenvalue weighted by Gasteiger charge is -2.09. The summed E-state index contributed by atoms with van der Waals surface area (Å²) in [5, 5.41) is 2.65. The second kappa shape index (κ2) is 7.49. The van der Waals surface area contributed by atoms with Crippen molar-refractivity contribution in [2.45, 2.75) is 13.8 Å². The van der Waals surface area contributed by atoms with Crippen LogP contribution in [0.15, 0.2) is 48.5 Å². The highest BCUT2D eigenvalue weighted by Crippen LogP contribution is 2.23. The van der Waals surface area contributed by atoms with Gasteiger partial charge in [-0.15, -0.1) is 0 Å². The average molecular weight is 372 g/mol. The van der Waals surface area contributed by atoms with Gasteiger partial charge in [0.05, 0.1) is 10.6 Å². The van der Waals surface area contributed by atoms with Crippen LogP contribution >= 0.6 is 11.6 Å². The van der Waals surface area contributed by atoms with Crippen LogP contribution in [0.25, 0.3) is 0 Å². The van der Waals surface area contributed by atoms with Gasteiger partial charge in [0.25, 0.3) is 5.91 Å². The second-order valence-electron chi connectivity index (χ2n) is 5.61. The summed E-state index contributed by atoms with van der Waals surface area (Å²) in [7, 11) is 0. The van der Waals surface area contributed by atoms with Crippen LogP contribution in [0, 0.1) is 19.7 Å². The van der Waals surface area contributed by atoms with Crippen LogP contribution in [0.1, 0.15) is 21.7 Å². The number of carbonyl (C=O) groups excluding carboxylic acids is 1. The normalized spacial score (nSPS) is 10.5. The molecule has 0 atom stereocenters. The summed E-state index contributed by atoms with van der Waals surface area (Å²) in [6.07, 6.45) is 0. The number of aryl methyl sites for hydroxylation is 2. The molecule has 0 aliphatic carbocycles. The molecule has 5 nitrogen and oxygen atoms in total. The number of amides is 1. The Balaban J connectivity index is 1.72. The number of hydrogen-bond acceptors (Lipinski definition) is 4. The Morgan fingerprint density at radius 1 is 1.08 bits per heavy atom. The van der Waals surface area contributed by atoms with Gasteiger partial charge < -0.3 is 10.1 Å². The molecular formula is C19H15ClFN3O2. The van der Waals surface area contributed by atoms with Crippen molar-refractivity contribution in [2.24, 2.45) is 0 Å². The van der Waals surface area contributed by atoms with Crippen LogP contribution in [-0.4, -0.2) is 15.9 Å². The lowest BCUT2D eigenvalue weighted by atomic mass is 10.2. The number of aromatic nitrogens is 2. The first kappa shape index (κ1) is 17.8. The van der Waals surface area contributed by atoms with E-state index in [0.29, 0.717) is 11.4 Å². The maximum atomic E-state index is 13.8. The van der Waals surface area contributed by atoms with Gasteiger partial charge in [-0.2, -0.15) is 0 Å². The molecule has 0 fully saturated rings. The minimum absolute atomic E-state index is 0.0504. The number of carbonyl (C=O) groups is 1. The summed E-state index contributed by atoms with van der Waals surface area (Å²) in [5.41, 5.74) is 1.89. The van der Waals surface area contributed by atoms with Crippen molar-refractivity contribution < 1.29 is 13.9 Å². The Morgan fingerprint density at radius 2 is 1.73 bits per heavy atom. The highest BCUT2D eigenvalue weighted by molar-refractivity contribution is 6.34. The summed E-state index contributed by atoms with van der Waals surface area (Å²) < 4.78 is 19.4. The molecule has 0 spiro atoms. The maximum absolute atomic E-state index is 13.8. The van der Waals surface area contributed by atoms with Gasteiger partial charge in [0.2, 0.25) is 0 Å². The molecule has 7 heteroatoms. The summed E-state index contributed by atoms with van der Waals surface area (Å²) in [6.45, 7) is 3.71. The summed E-state index contributed by atoms with van der Waals surface area (Å²) >= 11 is 5.90. The number of nitrogens with zero attached hydrogens (tertiary/aromatic N) is 2. The summed E-state index contributed by atoms with van der Waals surface area (Å²) in [6, 6.07) is 12.7. The SMILES string of the molecule is Cc1cc(C)nc(Oc2ccc(NC(=O)c3c(F)cccc3Cl)cc2)n1. The molecular weight excluding hydrogens is 357 g/mol. The predicted octanol–water partition coefficient (Wildman–Crippen LogP) is 4.93. The molecule has 0 unspecified atom stereocenters. The molecule has 26 heavy (non-hydrogen) atoms. The van der Waals surface area contributed by atoms with Crippen molar-refractivity contribution in [1.29, 1.82) is 0 Å². The fourth-order valence-corrected chi connectivity index (χ4v) is 2.61. The van der Waals surface area contributed by atoms with E-state index in [4.69, 9.17) is 16.3 Å². The predicted molar refractivity (Wildman–Crippen MR) is 97.4 cm³/mol. The molecule has 0 saturated carbocycles. The van der Waals surface area contributed by atoms with Gasteiger partial charge in [-0.1, -0.05) is 17.7 Å². The number of rotatable bonds is 4. The van der Waals surface area contributed by atoms with E-state index in [1.54, 1.807) is 24.3 Å². The molecule has 3 rings (SSSR count). The van der Waals surface area contributed by atoms with E-state index < -0.39 is 11.7 Å². The lowest BCUT2D eigenvalue weighted by Crippen LogP contribution is -2.14. The first-order valence-electron chi connectivity index (χ1n) is 7.78. The lowest BCUT2D eigenvalue weighted by molar-refractivity contribution is 0.102. The number of hydrogen-bond donors (Lipinski definition) is 1. The van der Waals surface area contributed by atoms with Gasteiger partial charge in [-0.25, -0.2) is 14.4 Å². The molecule has 1 aromatic heterocycles. The highest BCUT2D eigenvalue weighted by atomic mass is 35.5. The molecule has 2 aromatic carbocycles. The Hall–Kier alpha value is -2.99. The first-order valence-corrected chi connectivity index (χ1v) is 8.16. The van der Waals surface area contributed by atoms with Crippen LogP contribution in [0.4, 0.5) is 10.1 Å². The van der Waals surface area contributed by atoms with Gasteiger partial charge in [-0.3, -0.25) is 4.79 Å². The molecule has 0 saturated heterocycles. The van der Waals surface area contributed by atoms with Gasteiger partial charge in [0.1, 0.15) is 11.6 Å². The van der Waals surface area contributed by atoms with E-state index in [-0.39, 0.29) is 16.6 Å². The molecule has 1 N–H and O–H groups in total. The quantitative estimate of drug-likeness (QED) is 0.706. The summed E-state index contributed by atoms with van der Waals surface area (Å²) in [5.74, 6) is -0.793. The number of halogens is 2.